The molecule has 0 heterocycles. The lowest BCUT2D eigenvalue weighted by Gasteiger charge is -2.23. The largest absolute Gasteiger partial charge is 0.472 e. The van der Waals surface area contributed by atoms with Crippen molar-refractivity contribution in [3.63, 3.8) is 0 Å². The van der Waals surface area contributed by atoms with Gasteiger partial charge in [-0.2, -0.15) is 0 Å². The fourth-order valence-electron chi connectivity index (χ4n) is 13.0. The Morgan fingerprint density at radius 2 is 0.649 bits per heavy atom. The Hall–Kier alpha value is -4.42. The summed E-state index contributed by atoms with van der Waals surface area (Å²) in [6, 6.07) is 3.67. The summed E-state index contributed by atoms with van der Waals surface area (Å²) in [4.78, 5) is 102. The first-order chi connectivity index (χ1) is 55.2. The molecule has 0 aliphatic heterocycles. The molecule has 1 rings (SSSR count). The maximum atomic E-state index is 13.8. The molecule has 0 aliphatic carbocycles. The topological polar surface area (TPSA) is 339 Å². The summed E-state index contributed by atoms with van der Waals surface area (Å²) in [6.45, 7) is 10.7. The van der Waals surface area contributed by atoms with Gasteiger partial charge in [-0.3, -0.25) is 46.9 Å². The molecule has 4 amide bonds. The Bertz CT molecular complexity index is 2520. The molecule has 0 spiro atoms. The number of nitrogens with one attached hydrogen (secondary N) is 4. The third kappa shape index (κ3) is 66.5. The molecule has 662 valence electrons. The standard InChI is InChI=1S/C88H160N4O20P2/c1-7-13-19-25-29-33-35-41-47-53-81(111-85(97)55-49-43-37-31-27-21-15-9-3)69-83(95)91-77(71-105-65-61-79(93)51-45-39-23-17-11-5)73-109-113(101,102)107-67-63-89-87(99)75-57-59-76(60-58-75)88(100)90-64-68-108-114(103,104)110-74-78(72-106-66-62-80(94)52-46-40-24-18-12-6)92-84(96)70-82(54-48-42-36-34-30-26-20-14-8-2)112-86(98)56-50-44-38-32-28-22-16-10-4/h31-32,37-38,57-60,77-82,93-94H,7-30,33-36,39-56,61-74H2,1-6H3,(H,89,99)(H,90,100)(H,91,95)(H,92,96)(H,101,102)(H,103,104)/b37-31-,38-32-. The molecule has 26 heteroatoms. The molecule has 0 bridgehead atoms. The maximum absolute atomic E-state index is 13.8. The highest BCUT2D eigenvalue weighted by Crippen LogP contribution is 2.44. The lowest BCUT2D eigenvalue weighted by Crippen LogP contribution is -2.43. The predicted octanol–water partition coefficient (Wildman–Crippen LogP) is 19.7. The highest BCUT2D eigenvalue weighted by Gasteiger charge is 2.29. The predicted molar refractivity (Wildman–Crippen MR) is 455 cm³/mol. The Balaban J connectivity index is 3.00. The summed E-state index contributed by atoms with van der Waals surface area (Å²) in [5.41, 5.74) is 0.289. The number of amides is 4. The Morgan fingerprint density at radius 1 is 0.360 bits per heavy atom. The van der Waals surface area contributed by atoms with Gasteiger partial charge < -0.3 is 60.2 Å². The van der Waals surface area contributed by atoms with Crippen LogP contribution in [0.2, 0.25) is 0 Å². The van der Waals surface area contributed by atoms with Crippen LogP contribution in [0.5, 0.6) is 0 Å². The first-order valence-electron chi connectivity index (χ1n) is 44.9. The minimum atomic E-state index is -4.79. The van der Waals surface area contributed by atoms with Crippen LogP contribution < -0.4 is 21.3 Å². The van der Waals surface area contributed by atoms with Crippen LogP contribution in [0.15, 0.2) is 48.6 Å². The van der Waals surface area contributed by atoms with Gasteiger partial charge in [0.2, 0.25) is 11.8 Å². The van der Waals surface area contributed by atoms with Crippen molar-refractivity contribution in [2.75, 3.05) is 65.9 Å². The van der Waals surface area contributed by atoms with Crippen molar-refractivity contribution < 1.29 is 94.9 Å². The van der Waals surface area contributed by atoms with Gasteiger partial charge in [0.15, 0.2) is 0 Å². The first kappa shape index (κ1) is 108. The Morgan fingerprint density at radius 3 is 0.974 bits per heavy atom. The van der Waals surface area contributed by atoms with Crippen molar-refractivity contribution in [1.29, 1.82) is 0 Å². The van der Waals surface area contributed by atoms with E-state index in [0.717, 1.165) is 167 Å². The molecule has 0 aromatic heterocycles. The summed E-state index contributed by atoms with van der Waals surface area (Å²) < 4.78 is 71.4. The smallest absolute Gasteiger partial charge is 0.462 e. The number of benzene rings is 1. The fourth-order valence-corrected chi connectivity index (χ4v) is 14.5. The van der Waals surface area contributed by atoms with E-state index < -0.39 is 102 Å². The monoisotopic (exact) mass is 1660 g/mol. The molecule has 0 fully saturated rings. The maximum Gasteiger partial charge on any atom is 0.472 e. The van der Waals surface area contributed by atoms with E-state index in [4.69, 9.17) is 37.0 Å². The normalized spacial score (nSPS) is 14.4. The zero-order chi connectivity index (χ0) is 83.7. The Kier molecular flexibility index (Phi) is 70.6. The highest BCUT2D eigenvalue weighted by atomic mass is 31.2. The SMILES string of the molecule is CCCCC/C=C\CCCC(=O)OC(CCCCCCCCCCC)CC(=O)NC(COCCC(O)CCCCCCC)COP(=O)(O)OCCNC(=O)c1ccc(C(=O)NCCOP(=O)(O)OCC(COCCC(O)CCCCCCC)NC(=O)CC(CCCCCCCCCCC)OC(=O)CCC/C=C\CCCCC)cc1. The van der Waals surface area contributed by atoms with Gasteiger partial charge in [-0.1, -0.05) is 258 Å². The van der Waals surface area contributed by atoms with E-state index >= 15 is 0 Å². The minimum Gasteiger partial charge on any atom is -0.462 e. The quantitative estimate of drug-likeness (QED) is 0.0130. The summed E-state index contributed by atoms with van der Waals surface area (Å²) in [7, 11) is -9.57. The summed E-state index contributed by atoms with van der Waals surface area (Å²) in [6.07, 6.45) is 51.2. The molecule has 1 aromatic rings. The Labute approximate surface area is 688 Å². The molecular weight excluding hydrogens is 1490 g/mol. The fraction of sp³-hybridized carbons (Fsp3) is 0.818. The van der Waals surface area contributed by atoms with Gasteiger partial charge in [0.25, 0.3) is 11.8 Å². The molecule has 8 atom stereocenters. The van der Waals surface area contributed by atoms with E-state index in [9.17, 15) is 57.9 Å². The van der Waals surface area contributed by atoms with Crippen LogP contribution in [0.25, 0.3) is 0 Å². The second-order valence-electron chi connectivity index (χ2n) is 30.8. The molecule has 24 nitrogen and oxygen atoms in total. The first-order valence-corrected chi connectivity index (χ1v) is 47.9. The molecule has 0 saturated carbocycles. The third-order valence-electron chi connectivity index (χ3n) is 19.9. The van der Waals surface area contributed by atoms with Gasteiger partial charge in [0, 0.05) is 50.3 Å². The number of phosphoric ester groups is 2. The number of phosphoric acid groups is 2. The number of unbranched alkanes of at least 4 members (excludes halogenated alkanes) is 32. The lowest BCUT2D eigenvalue weighted by molar-refractivity contribution is -0.152. The van der Waals surface area contributed by atoms with E-state index in [-0.39, 0.29) is 88.3 Å². The number of hydrogen-bond acceptors (Lipinski definition) is 18. The van der Waals surface area contributed by atoms with Crippen LogP contribution in [0.3, 0.4) is 0 Å². The molecule has 8 unspecified atom stereocenters. The average Bonchev–Trinajstić information content (AvgIpc) is 0.873. The number of aliphatic hydroxyl groups excluding tert-OH is 2. The zero-order valence-corrected chi connectivity index (χ0v) is 73.5. The molecular formula is C88H160N4O20P2. The third-order valence-corrected chi connectivity index (χ3v) is 21.8. The van der Waals surface area contributed by atoms with Crippen LogP contribution in [0, 0.1) is 0 Å². The minimum absolute atomic E-state index is 0.129. The van der Waals surface area contributed by atoms with Crippen molar-refractivity contribution in [3.05, 3.63) is 59.7 Å². The van der Waals surface area contributed by atoms with Gasteiger partial charge in [-0.05, 0) is 127 Å². The summed E-state index contributed by atoms with van der Waals surface area (Å²) in [5.74, 6) is -2.86. The average molecular weight is 1660 g/mol. The van der Waals surface area contributed by atoms with Gasteiger partial charge in [0.1, 0.15) is 12.2 Å². The summed E-state index contributed by atoms with van der Waals surface area (Å²) in [5, 5.41) is 32.2. The number of allylic oxidation sites excluding steroid dienone is 4. The van der Waals surface area contributed by atoms with Gasteiger partial charge in [0.05, 0.1) is 76.8 Å². The molecule has 0 aliphatic rings. The van der Waals surface area contributed by atoms with Gasteiger partial charge in [-0.25, -0.2) is 9.13 Å². The van der Waals surface area contributed by atoms with Gasteiger partial charge >= 0.3 is 27.6 Å². The van der Waals surface area contributed by atoms with E-state index in [1.54, 1.807) is 0 Å². The number of rotatable bonds is 82. The molecule has 8 N–H and O–H groups in total. The number of hydrogen-bond donors (Lipinski definition) is 8. The molecule has 0 saturated heterocycles. The van der Waals surface area contributed by atoms with Crippen molar-refractivity contribution in [2.45, 2.75) is 399 Å². The highest BCUT2D eigenvalue weighted by molar-refractivity contribution is 7.47. The lowest BCUT2D eigenvalue weighted by atomic mass is 10.0. The van der Waals surface area contributed by atoms with Crippen LogP contribution in [0.4, 0.5) is 0 Å². The summed E-state index contributed by atoms with van der Waals surface area (Å²) >= 11 is 0. The van der Waals surface area contributed by atoms with Crippen LogP contribution in [-0.4, -0.2) is 158 Å². The van der Waals surface area contributed by atoms with Crippen LogP contribution in [-0.2, 0) is 65.4 Å². The van der Waals surface area contributed by atoms with Crippen LogP contribution >= 0.6 is 15.6 Å². The second kappa shape index (κ2) is 74.8. The van der Waals surface area contributed by atoms with E-state index in [2.05, 4.69) is 87.1 Å². The zero-order valence-electron chi connectivity index (χ0n) is 71.7. The van der Waals surface area contributed by atoms with Crippen molar-refractivity contribution >= 4 is 51.2 Å². The van der Waals surface area contributed by atoms with Gasteiger partial charge in [-0.15, -0.1) is 0 Å². The number of esters is 2. The molecule has 114 heavy (non-hydrogen) atoms. The van der Waals surface area contributed by atoms with Crippen molar-refractivity contribution in [2.24, 2.45) is 0 Å². The molecule has 1 aromatic carbocycles. The number of carbonyl (C=O) groups excluding carboxylic acids is 6. The van der Waals surface area contributed by atoms with Crippen molar-refractivity contribution in [1.82, 2.24) is 21.3 Å². The number of ether oxygens (including phenoxy) is 4. The second-order valence-corrected chi connectivity index (χ2v) is 33.7. The van der Waals surface area contributed by atoms with Crippen LogP contribution in [0.1, 0.15) is 383 Å². The van der Waals surface area contributed by atoms with E-state index in [0.29, 0.717) is 51.4 Å². The van der Waals surface area contributed by atoms with Crippen molar-refractivity contribution in [3.8, 4) is 0 Å². The number of aliphatic hydroxyl groups is 2. The molecule has 0 radical (unpaired) electrons. The van der Waals surface area contributed by atoms with E-state index in [1.165, 1.54) is 101 Å². The number of carbonyl (C=O) groups is 6. The van der Waals surface area contributed by atoms with E-state index in [1.807, 2.05) is 0 Å².